The number of rotatable bonds is 28. The van der Waals surface area contributed by atoms with Gasteiger partial charge in [0.1, 0.15) is 11.5 Å². The maximum atomic E-state index is 12.2. The van der Waals surface area contributed by atoms with Gasteiger partial charge in [-0.2, -0.15) is 26.3 Å². The predicted molar refractivity (Wildman–Crippen MR) is 305 cm³/mol. The van der Waals surface area contributed by atoms with Gasteiger partial charge in [-0.1, -0.05) is 103 Å². The first kappa shape index (κ1) is 63.4. The summed E-state index contributed by atoms with van der Waals surface area (Å²) in [7, 11) is -1.98. The molecular formula is C64H98F6O6S2. The highest BCUT2D eigenvalue weighted by molar-refractivity contribution is 7.85. The Balaban J connectivity index is 0.000000226. The molecule has 0 aromatic heterocycles. The summed E-state index contributed by atoms with van der Waals surface area (Å²) >= 11 is 0. The normalized spacial score (nSPS) is 30.9. The van der Waals surface area contributed by atoms with E-state index in [0.29, 0.717) is 94.7 Å². The van der Waals surface area contributed by atoms with Crippen molar-refractivity contribution in [3.05, 3.63) is 58.7 Å². The first-order valence-corrected chi connectivity index (χ1v) is 34.0. The van der Waals surface area contributed by atoms with Crippen LogP contribution in [0.1, 0.15) is 241 Å². The zero-order valence-electron chi connectivity index (χ0n) is 47.4. The van der Waals surface area contributed by atoms with Crippen molar-refractivity contribution < 1.29 is 55.2 Å². The van der Waals surface area contributed by atoms with Crippen molar-refractivity contribution in [1.29, 1.82) is 0 Å². The van der Waals surface area contributed by atoms with Crippen LogP contribution in [-0.2, 0) is 34.4 Å². The minimum atomic E-state index is -4.10. The third-order valence-electron chi connectivity index (χ3n) is 20.7. The Kier molecular flexibility index (Phi) is 23.9. The molecule has 2 aromatic carbocycles. The average Bonchev–Trinajstić information content (AvgIpc) is 4.08. The van der Waals surface area contributed by atoms with E-state index in [0.717, 1.165) is 103 Å². The third kappa shape index (κ3) is 17.4. The van der Waals surface area contributed by atoms with Crippen LogP contribution in [0.4, 0.5) is 26.3 Å². The lowest BCUT2D eigenvalue weighted by atomic mass is 9.52. The number of aliphatic hydroxyl groups is 2. The highest BCUT2D eigenvalue weighted by Gasteiger charge is 2.58. The molecule has 14 atom stereocenters. The number of halogens is 6. The van der Waals surface area contributed by atoms with Gasteiger partial charge in [-0.15, -0.1) is 0 Å². The van der Waals surface area contributed by atoms with Crippen LogP contribution in [0.2, 0.25) is 0 Å². The molecule has 444 valence electrons. The van der Waals surface area contributed by atoms with E-state index < -0.39 is 46.8 Å². The molecule has 78 heavy (non-hydrogen) atoms. The molecule has 4 fully saturated rings. The number of aliphatic hydroxyl groups excluding tert-OH is 2. The van der Waals surface area contributed by atoms with E-state index in [9.17, 15) is 55.2 Å². The second kappa shape index (κ2) is 29.4. The standard InChI is InChI=1S/2C32H49F3O3S/c2*1-31-18-16-27-26-13-12-25(36)22-24(26)21-23(30(27)28(31)14-15-29(31)37)11-7-5-3-2-4-6-9-19-39(38)20-10-8-17-32(33,34)35/h2*12-13,22-23,27-30,36-37H,2-11,14-21H2,1H3/t2*23-,27?,28?,29?,30?,31?,39?/m11/s1. The van der Waals surface area contributed by atoms with Gasteiger partial charge in [0.25, 0.3) is 0 Å². The number of phenols is 2. The van der Waals surface area contributed by atoms with Crippen LogP contribution in [0.15, 0.2) is 36.4 Å². The summed E-state index contributed by atoms with van der Waals surface area (Å²) in [5.41, 5.74) is 5.67. The molecule has 0 amide bonds. The summed E-state index contributed by atoms with van der Waals surface area (Å²) in [6, 6.07) is 12.0. The van der Waals surface area contributed by atoms with E-state index in [4.69, 9.17) is 0 Å². The van der Waals surface area contributed by atoms with Gasteiger partial charge in [-0.05, 0) is 220 Å². The Bertz CT molecular complexity index is 2050. The number of benzene rings is 2. The van der Waals surface area contributed by atoms with E-state index in [-0.39, 0.29) is 35.9 Å². The van der Waals surface area contributed by atoms with Crippen molar-refractivity contribution in [1.82, 2.24) is 0 Å². The van der Waals surface area contributed by atoms with Crippen LogP contribution >= 0.6 is 0 Å². The van der Waals surface area contributed by atoms with Crippen molar-refractivity contribution >= 4 is 21.6 Å². The van der Waals surface area contributed by atoms with Crippen LogP contribution < -0.4 is 0 Å². The molecule has 6 aliphatic carbocycles. The molecule has 8 rings (SSSR count). The van der Waals surface area contributed by atoms with Crippen LogP contribution in [0.5, 0.6) is 11.5 Å². The number of alkyl halides is 6. The molecular weight excluding hydrogens is 1040 g/mol. The van der Waals surface area contributed by atoms with E-state index in [1.54, 1.807) is 0 Å². The SMILES string of the molecule is CC12CCC3c4ccc(O)cc4C[C@@H](CCCCCCCCCS(=O)CCCCC(F)(F)F)C3C1CCC2O.CC12CCC3c4ccc(O)cc4C[C@@H](CCCCCCCCCS(=O)CCCCC(F)(F)F)C3C1CCC2O. The summed E-state index contributed by atoms with van der Waals surface area (Å²) in [4.78, 5) is 0. The molecule has 4 N–H and O–H groups in total. The molecule has 12 unspecified atom stereocenters. The monoisotopic (exact) mass is 1140 g/mol. The fourth-order valence-corrected chi connectivity index (χ4v) is 19.1. The van der Waals surface area contributed by atoms with Gasteiger partial charge in [0, 0.05) is 57.5 Å². The van der Waals surface area contributed by atoms with E-state index in [1.807, 2.05) is 24.3 Å². The zero-order chi connectivity index (χ0) is 56.1. The molecule has 0 bridgehead atoms. The van der Waals surface area contributed by atoms with Crippen LogP contribution in [0, 0.1) is 46.3 Å². The minimum Gasteiger partial charge on any atom is -0.508 e. The Morgan fingerprint density at radius 2 is 0.808 bits per heavy atom. The first-order chi connectivity index (χ1) is 37.2. The Labute approximate surface area is 469 Å². The van der Waals surface area contributed by atoms with Gasteiger partial charge in [-0.25, -0.2) is 0 Å². The molecule has 0 spiro atoms. The molecule has 0 aliphatic heterocycles. The smallest absolute Gasteiger partial charge is 0.389 e. The van der Waals surface area contributed by atoms with Gasteiger partial charge in [0.05, 0.1) is 12.2 Å². The van der Waals surface area contributed by atoms with Gasteiger partial charge in [0.2, 0.25) is 0 Å². The van der Waals surface area contributed by atoms with E-state index in [1.165, 1.54) is 86.5 Å². The molecule has 2 aromatic rings. The fraction of sp³-hybridized carbons (Fsp3) is 0.812. The number of fused-ring (bicyclic) bond motifs is 10. The highest BCUT2D eigenvalue weighted by atomic mass is 32.2. The molecule has 0 heterocycles. The van der Waals surface area contributed by atoms with Gasteiger partial charge >= 0.3 is 12.4 Å². The second-order valence-corrected chi connectivity index (χ2v) is 29.3. The third-order valence-corrected chi connectivity index (χ3v) is 23.7. The highest BCUT2D eigenvalue weighted by Crippen LogP contribution is 2.64. The largest absolute Gasteiger partial charge is 0.508 e. The number of unbranched alkanes of at least 4 members (excludes halogenated alkanes) is 14. The summed E-state index contributed by atoms with van der Waals surface area (Å²) in [5, 5.41) is 42.0. The van der Waals surface area contributed by atoms with Crippen molar-refractivity contribution in [3.8, 4) is 11.5 Å². The molecule has 4 saturated carbocycles. The first-order valence-electron chi connectivity index (χ1n) is 31.0. The van der Waals surface area contributed by atoms with Crippen molar-refractivity contribution in [3.63, 3.8) is 0 Å². The maximum Gasteiger partial charge on any atom is 0.389 e. The van der Waals surface area contributed by atoms with Crippen LogP contribution in [-0.4, -0.2) is 76.4 Å². The lowest BCUT2D eigenvalue weighted by Gasteiger charge is -2.53. The number of hydrogen-bond donors (Lipinski definition) is 4. The lowest BCUT2D eigenvalue weighted by Crippen LogP contribution is -2.47. The number of aromatic hydroxyl groups is 2. The van der Waals surface area contributed by atoms with Crippen molar-refractivity contribution in [2.45, 2.75) is 256 Å². The number of hydrogen-bond acceptors (Lipinski definition) is 6. The zero-order valence-corrected chi connectivity index (χ0v) is 49.0. The van der Waals surface area contributed by atoms with Crippen molar-refractivity contribution in [2.24, 2.45) is 46.3 Å². The van der Waals surface area contributed by atoms with E-state index >= 15 is 0 Å². The Hall–Kier alpha value is -2.16. The number of phenolic OH excluding ortho intramolecular Hbond substituents is 2. The molecule has 14 heteroatoms. The lowest BCUT2D eigenvalue weighted by molar-refractivity contribution is -0.136. The molecule has 0 radical (unpaired) electrons. The van der Waals surface area contributed by atoms with Gasteiger partial charge < -0.3 is 20.4 Å². The maximum absolute atomic E-state index is 12.2. The summed E-state index contributed by atoms with van der Waals surface area (Å²) in [6.07, 6.45) is 19.8. The average molecular weight is 1140 g/mol. The van der Waals surface area contributed by atoms with Gasteiger partial charge in [0.15, 0.2) is 0 Å². The Morgan fingerprint density at radius 1 is 0.474 bits per heavy atom. The van der Waals surface area contributed by atoms with Crippen LogP contribution in [0.3, 0.4) is 0 Å². The molecule has 6 nitrogen and oxygen atoms in total. The quantitative estimate of drug-likeness (QED) is 0.0498. The van der Waals surface area contributed by atoms with Crippen LogP contribution in [0.25, 0.3) is 0 Å². The minimum absolute atomic E-state index is 0.0561. The second-order valence-electron chi connectivity index (χ2n) is 25.9. The topological polar surface area (TPSA) is 115 Å². The fourth-order valence-electron chi connectivity index (χ4n) is 16.6. The summed E-state index contributed by atoms with van der Waals surface area (Å²) < 4.78 is 97.1. The van der Waals surface area contributed by atoms with Crippen molar-refractivity contribution in [2.75, 3.05) is 23.0 Å². The van der Waals surface area contributed by atoms with Gasteiger partial charge in [-0.3, -0.25) is 8.42 Å². The Morgan fingerprint density at radius 3 is 1.17 bits per heavy atom. The molecule has 0 saturated heterocycles. The van der Waals surface area contributed by atoms with E-state index in [2.05, 4.69) is 26.0 Å². The predicted octanol–water partition coefficient (Wildman–Crippen LogP) is 16.9. The summed E-state index contributed by atoms with van der Waals surface area (Å²) in [6.45, 7) is 4.66. The molecule has 6 aliphatic rings. The summed E-state index contributed by atoms with van der Waals surface area (Å²) in [5.74, 6) is 7.53.